The third-order valence-corrected chi connectivity index (χ3v) is 4.62. The van der Waals surface area contributed by atoms with E-state index >= 15 is 0 Å². The summed E-state index contributed by atoms with van der Waals surface area (Å²) in [5, 5.41) is 9.63. The molecule has 5 nitrogen and oxygen atoms in total. The molecule has 1 saturated heterocycles. The molecule has 1 aliphatic rings. The van der Waals surface area contributed by atoms with E-state index in [0.717, 1.165) is 29.0 Å². The van der Waals surface area contributed by atoms with Gasteiger partial charge in [0.15, 0.2) is 0 Å². The summed E-state index contributed by atoms with van der Waals surface area (Å²) in [5.41, 5.74) is 0. The van der Waals surface area contributed by atoms with E-state index in [-0.39, 0.29) is 5.91 Å². The number of likely N-dealkylation sites (tertiary alicyclic amines) is 1. The summed E-state index contributed by atoms with van der Waals surface area (Å²) in [4.78, 5) is 14.7. The maximum Gasteiger partial charge on any atom is 0.263 e. The first-order valence-electron chi connectivity index (χ1n) is 5.60. The molecule has 1 fully saturated rings. The van der Waals surface area contributed by atoms with Crippen molar-refractivity contribution in [2.24, 2.45) is 5.92 Å². The quantitative estimate of drug-likeness (QED) is 0.865. The third kappa shape index (κ3) is 2.32. The second-order valence-corrected chi connectivity index (χ2v) is 6.16. The minimum absolute atomic E-state index is 0.126. The van der Waals surface area contributed by atoms with Gasteiger partial charge in [-0.25, -0.2) is 0 Å². The van der Waals surface area contributed by atoms with Crippen LogP contribution in [0.1, 0.15) is 9.67 Å². The molecule has 0 radical (unpaired) electrons. The fraction of sp³-hybridized carbons (Fsp3) is 0.364. The van der Waals surface area contributed by atoms with Crippen molar-refractivity contribution >= 4 is 33.2 Å². The second kappa shape index (κ2) is 4.81. The lowest BCUT2D eigenvalue weighted by Gasteiger charge is -2.38. The smallest absolute Gasteiger partial charge is 0.263 e. The van der Waals surface area contributed by atoms with Crippen LogP contribution < -0.4 is 0 Å². The molecular weight excluding hydrogens is 316 g/mol. The first-order chi connectivity index (χ1) is 8.72. The van der Waals surface area contributed by atoms with Crippen molar-refractivity contribution in [1.82, 2.24) is 19.9 Å². The Balaban J connectivity index is 1.54. The second-order valence-electron chi connectivity index (χ2n) is 4.33. The summed E-state index contributed by atoms with van der Waals surface area (Å²) in [6.07, 6.45) is 3.52. The Kier molecular flexibility index (Phi) is 3.17. The van der Waals surface area contributed by atoms with Crippen LogP contribution in [0.4, 0.5) is 0 Å². The Morgan fingerprint density at radius 3 is 3.00 bits per heavy atom. The first-order valence-corrected chi connectivity index (χ1v) is 7.27. The number of thiophene rings is 1. The molecule has 3 rings (SSSR count). The summed E-state index contributed by atoms with van der Waals surface area (Å²) in [5.74, 6) is 0.611. The van der Waals surface area contributed by atoms with E-state index in [0.29, 0.717) is 5.92 Å². The van der Waals surface area contributed by atoms with Gasteiger partial charge in [0.2, 0.25) is 0 Å². The Labute approximate surface area is 117 Å². The van der Waals surface area contributed by atoms with Gasteiger partial charge in [-0.3, -0.25) is 9.48 Å². The number of hydrogen-bond acceptors (Lipinski definition) is 4. The minimum atomic E-state index is 0.126. The van der Waals surface area contributed by atoms with Crippen LogP contribution in [-0.2, 0) is 6.54 Å². The SMILES string of the molecule is O=C(c1cc(Br)cs1)N1CC(Cn2ccnn2)C1. The van der Waals surface area contributed by atoms with Crippen molar-refractivity contribution in [3.05, 3.63) is 33.2 Å². The molecule has 0 unspecified atom stereocenters. The highest BCUT2D eigenvalue weighted by atomic mass is 79.9. The molecule has 94 valence electrons. The van der Waals surface area contributed by atoms with Crippen molar-refractivity contribution < 1.29 is 4.79 Å². The van der Waals surface area contributed by atoms with E-state index < -0.39 is 0 Å². The topological polar surface area (TPSA) is 51.0 Å². The van der Waals surface area contributed by atoms with E-state index in [4.69, 9.17) is 0 Å². The predicted octanol–water partition coefficient (Wildman–Crippen LogP) is 1.87. The molecule has 2 aromatic rings. The van der Waals surface area contributed by atoms with E-state index in [2.05, 4.69) is 26.2 Å². The van der Waals surface area contributed by atoms with Crippen molar-refractivity contribution in [2.45, 2.75) is 6.54 Å². The zero-order chi connectivity index (χ0) is 12.5. The molecule has 1 amide bonds. The Bertz CT molecular complexity index is 547. The number of halogens is 1. The Morgan fingerprint density at radius 1 is 1.56 bits per heavy atom. The van der Waals surface area contributed by atoms with Gasteiger partial charge < -0.3 is 4.90 Å². The number of carbonyl (C=O) groups excluding carboxylic acids is 1. The molecular formula is C11H11BrN4OS. The number of aromatic nitrogens is 3. The molecule has 7 heteroatoms. The zero-order valence-electron chi connectivity index (χ0n) is 9.49. The standard InChI is InChI=1S/C11H11BrN4OS/c12-9-3-10(18-7-9)11(17)15-4-8(5-15)6-16-2-1-13-14-16/h1-3,7-8H,4-6H2. The molecule has 0 atom stereocenters. The molecule has 2 aromatic heterocycles. The monoisotopic (exact) mass is 326 g/mol. The van der Waals surface area contributed by atoms with Gasteiger partial charge in [-0.1, -0.05) is 5.21 Å². The zero-order valence-corrected chi connectivity index (χ0v) is 11.9. The van der Waals surface area contributed by atoms with Crippen molar-refractivity contribution in [3.8, 4) is 0 Å². The number of hydrogen-bond donors (Lipinski definition) is 0. The Morgan fingerprint density at radius 2 is 2.39 bits per heavy atom. The van der Waals surface area contributed by atoms with Crippen LogP contribution in [0.25, 0.3) is 0 Å². The summed E-state index contributed by atoms with van der Waals surface area (Å²) in [6.45, 7) is 2.43. The lowest BCUT2D eigenvalue weighted by molar-refractivity contribution is 0.0465. The highest BCUT2D eigenvalue weighted by Gasteiger charge is 2.32. The van der Waals surface area contributed by atoms with Crippen LogP contribution in [0.3, 0.4) is 0 Å². The van der Waals surface area contributed by atoms with E-state index in [9.17, 15) is 4.79 Å². The number of carbonyl (C=O) groups is 1. The van der Waals surface area contributed by atoms with E-state index in [1.165, 1.54) is 11.3 Å². The van der Waals surface area contributed by atoms with Crippen molar-refractivity contribution in [2.75, 3.05) is 13.1 Å². The molecule has 3 heterocycles. The molecule has 0 N–H and O–H groups in total. The number of rotatable bonds is 3. The minimum Gasteiger partial charge on any atom is -0.337 e. The van der Waals surface area contributed by atoms with Gasteiger partial charge in [-0.2, -0.15) is 0 Å². The number of amides is 1. The predicted molar refractivity (Wildman–Crippen MR) is 71.4 cm³/mol. The fourth-order valence-corrected chi connectivity index (χ4v) is 3.42. The van der Waals surface area contributed by atoms with Crippen LogP contribution >= 0.6 is 27.3 Å². The maximum absolute atomic E-state index is 12.1. The molecule has 0 spiro atoms. The van der Waals surface area contributed by atoms with Gasteiger partial charge in [0.05, 0.1) is 11.1 Å². The summed E-state index contributed by atoms with van der Waals surface area (Å²) >= 11 is 4.84. The maximum atomic E-state index is 12.1. The molecule has 0 saturated carbocycles. The largest absolute Gasteiger partial charge is 0.337 e. The lowest BCUT2D eigenvalue weighted by Crippen LogP contribution is -2.51. The summed E-state index contributed by atoms with van der Waals surface area (Å²) < 4.78 is 2.78. The van der Waals surface area contributed by atoms with Crippen molar-refractivity contribution in [3.63, 3.8) is 0 Å². The lowest BCUT2D eigenvalue weighted by atomic mass is 10.00. The van der Waals surface area contributed by atoms with Crippen LogP contribution in [0, 0.1) is 5.92 Å². The molecule has 0 aliphatic carbocycles. The van der Waals surface area contributed by atoms with Crippen LogP contribution in [0.5, 0.6) is 0 Å². The molecule has 18 heavy (non-hydrogen) atoms. The van der Waals surface area contributed by atoms with Gasteiger partial charge in [0.25, 0.3) is 5.91 Å². The highest BCUT2D eigenvalue weighted by Crippen LogP contribution is 2.25. The first kappa shape index (κ1) is 11.9. The molecule has 0 aromatic carbocycles. The Hall–Kier alpha value is -1.21. The van der Waals surface area contributed by atoms with Crippen molar-refractivity contribution in [1.29, 1.82) is 0 Å². The number of nitrogens with zero attached hydrogens (tertiary/aromatic N) is 4. The van der Waals surface area contributed by atoms with Gasteiger partial charge in [0.1, 0.15) is 0 Å². The third-order valence-electron chi connectivity index (χ3n) is 2.94. The average Bonchev–Trinajstić information content (AvgIpc) is 2.93. The van der Waals surface area contributed by atoms with Gasteiger partial charge in [0, 0.05) is 41.6 Å². The highest BCUT2D eigenvalue weighted by molar-refractivity contribution is 9.10. The fourth-order valence-electron chi connectivity index (χ4n) is 2.03. The van der Waals surface area contributed by atoms with E-state index in [1.807, 2.05) is 27.2 Å². The van der Waals surface area contributed by atoms with E-state index in [1.54, 1.807) is 6.20 Å². The normalized spacial score (nSPS) is 15.7. The van der Waals surface area contributed by atoms with Gasteiger partial charge >= 0.3 is 0 Å². The van der Waals surface area contributed by atoms with Crippen LogP contribution in [0.2, 0.25) is 0 Å². The van der Waals surface area contributed by atoms with Gasteiger partial charge in [-0.15, -0.1) is 16.4 Å². The van der Waals surface area contributed by atoms with Gasteiger partial charge in [-0.05, 0) is 22.0 Å². The average molecular weight is 327 g/mol. The molecule has 1 aliphatic heterocycles. The van der Waals surface area contributed by atoms with Crippen LogP contribution in [0.15, 0.2) is 28.3 Å². The summed E-state index contributed by atoms with van der Waals surface area (Å²) in [6, 6.07) is 1.87. The van der Waals surface area contributed by atoms with Crippen LogP contribution in [-0.4, -0.2) is 38.9 Å². The summed E-state index contributed by atoms with van der Waals surface area (Å²) in [7, 11) is 0. The molecule has 0 bridgehead atoms.